The Balaban J connectivity index is 1.75. The lowest BCUT2D eigenvalue weighted by Gasteiger charge is -2.12. The molecule has 0 fully saturated rings. The van der Waals surface area contributed by atoms with E-state index < -0.39 is 12.1 Å². The van der Waals surface area contributed by atoms with Crippen molar-refractivity contribution >= 4 is 5.97 Å². The third-order valence-corrected chi connectivity index (χ3v) is 3.45. The highest BCUT2D eigenvalue weighted by Gasteiger charge is 2.17. The quantitative estimate of drug-likeness (QED) is 0.657. The molecular weight excluding hydrogens is 308 g/mol. The van der Waals surface area contributed by atoms with Crippen molar-refractivity contribution in [2.24, 2.45) is 5.92 Å². The first-order valence-corrected chi connectivity index (χ1v) is 8.18. The Kier molecular flexibility index (Phi) is 6.93. The molecule has 130 valence electrons. The van der Waals surface area contributed by atoms with Crippen molar-refractivity contribution in [2.45, 2.75) is 46.3 Å². The third kappa shape index (κ3) is 6.12. The minimum absolute atomic E-state index is 0.0432. The Morgan fingerprint density at radius 2 is 1.96 bits per heavy atom. The molecule has 0 saturated heterocycles. The van der Waals surface area contributed by atoms with Gasteiger partial charge in [-0.05, 0) is 24.8 Å². The zero-order valence-corrected chi connectivity index (χ0v) is 14.4. The van der Waals surface area contributed by atoms with Crippen LogP contribution in [0.2, 0.25) is 0 Å². The van der Waals surface area contributed by atoms with E-state index in [0.29, 0.717) is 24.8 Å². The van der Waals surface area contributed by atoms with Gasteiger partial charge in [0, 0.05) is 13.0 Å². The number of aromatic nitrogens is 2. The van der Waals surface area contributed by atoms with E-state index in [1.165, 1.54) is 0 Å². The zero-order chi connectivity index (χ0) is 17.4. The van der Waals surface area contributed by atoms with Crippen molar-refractivity contribution in [1.82, 2.24) is 10.1 Å². The second-order valence-electron chi connectivity index (χ2n) is 6.07. The minimum Gasteiger partial charge on any atom is -0.454 e. The topological polar surface area (TPSA) is 74.5 Å². The molecule has 24 heavy (non-hydrogen) atoms. The number of carbonyl (C=O) groups is 1. The third-order valence-electron chi connectivity index (χ3n) is 3.45. The van der Waals surface area contributed by atoms with E-state index in [-0.39, 0.29) is 12.5 Å². The first-order chi connectivity index (χ1) is 11.5. The number of benzene rings is 1. The predicted molar refractivity (Wildman–Crippen MR) is 88.2 cm³/mol. The van der Waals surface area contributed by atoms with Gasteiger partial charge in [0.15, 0.2) is 18.5 Å². The Labute approximate surface area is 142 Å². The normalized spacial score (nSPS) is 12.3. The van der Waals surface area contributed by atoms with Crippen molar-refractivity contribution < 1.29 is 18.8 Å². The van der Waals surface area contributed by atoms with Crippen LogP contribution < -0.4 is 0 Å². The molecule has 0 aliphatic carbocycles. The van der Waals surface area contributed by atoms with Crippen LogP contribution in [0.3, 0.4) is 0 Å². The van der Waals surface area contributed by atoms with Crippen LogP contribution in [0.1, 0.15) is 44.5 Å². The van der Waals surface area contributed by atoms with Crippen LogP contribution in [0.5, 0.6) is 0 Å². The Hall–Kier alpha value is -2.21. The fourth-order valence-corrected chi connectivity index (χ4v) is 2.00. The van der Waals surface area contributed by atoms with Gasteiger partial charge in [0.05, 0.1) is 0 Å². The molecule has 1 aromatic heterocycles. The average Bonchev–Trinajstić information content (AvgIpc) is 3.00. The molecule has 2 rings (SSSR count). The van der Waals surface area contributed by atoms with Gasteiger partial charge >= 0.3 is 5.97 Å². The number of carbonyl (C=O) groups excluding carboxylic acids is 1. The Morgan fingerprint density at radius 1 is 1.21 bits per heavy atom. The maximum absolute atomic E-state index is 11.9. The fourth-order valence-electron chi connectivity index (χ4n) is 2.00. The summed E-state index contributed by atoms with van der Waals surface area (Å²) >= 11 is 0. The highest BCUT2D eigenvalue weighted by Crippen LogP contribution is 2.08. The molecule has 0 N–H and O–H groups in total. The van der Waals surface area contributed by atoms with E-state index in [0.717, 1.165) is 12.0 Å². The molecule has 6 heteroatoms. The second kappa shape index (κ2) is 9.17. The summed E-state index contributed by atoms with van der Waals surface area (Å²) in [6.45, 7) is 6.38. The lowest BCUT2D eigenvalue weighted by Crippen LogP contribution is -2.24. The summed E-state index contributed by atoms with van der Waals surface area (Å²) in [5.74, 6) is 0.952. The summed E-state index contributed by atoms with van der Waals surface area (Å²) in [5.41, 5.74) is 1.09. The Bertz CT molecular complexity index is 625. The molecule has 0 bridgehead atoms. The van der Waals surface area contributed by atoms with Crippen LogP contribution >= 0.6 is 0 Å². The molecule has 6 nitrogen and oxygen atoms in total. The molecule has 0 radical (unpaired) electrons. The number of esters is 1. The lowest BCUT2D eigenvalue weighted by molar-refractivity contribution is -0.158. The number of ether oxygens (including phenoxy) is 2. The molecule has 1 atom stereocenters. The van der Waals surface area contributed by atoms with Crippen LogP contribution in [0.4, 0.5) is 0 Å². The van der Waals surface area contributed by atoms with Gasteiger partial charge in [-0.1, -0.05) is 49.3 Å². The maximum Gasteiger partial charge on any atom is 0.335 e. The van der Waals surface area contributed by atoms with E-state index in [9.17, 15) is 4.79 Å². The monoisotopic (exact) mass is 332 g/mol. The SMILES string of the molecule is CC(C)CCOC(C)C(=O)OCc1nc(Cc2ccccc2)no1. The number of hydrogen-bond donors (Lipinski definition) is 0. The average molecular weight is 332 g/mol. The van der Waals surface area contributed by atoms with E-state index in [1.807, 2.05) is 30.3 Å². The standard InChI is InChI=1S/C18H24N2O4/c1-13(2)9-10-22-14(3)18(21)23-12-17-19-16(20-24-17)11-15-7-5-4-6-8-15/h4-8,13-14H,9-12H2,1-3H3. The number of rotatable bonds is 9. The summed E-state index contributed by atoms with van der Waals surface area (Å²) in [6.07, 6.45) is 0.882. The summed E-state index contributed by atoms with van der Waals surface area (Å²) < 4.78 is 15.7. The maximum atomic E-state index is 11.9. The van der Waals surface area contributed by atoms with Crippen molar-refractivity contribution in [3.05, 3.63) is 47.6 Å². The predicted octanol–water partition coefficient (Wildman–Crippen LogP) is 3.15. The number of hydrogen-bond acceptors (Lipinski definition) is 6. The molecule has 0 spiro atoms. The number of nitrogens with zero attached hydrogens (tertiary/aromatic N) is 2. The van der Waals surface area contributed by atoms with E-state index >= 15 is 0 Å². The molecule has 0 amide bonds. The molecule has 2 aromatic rings. The van der Waals surface area contributed by atoms with Crippen molar-refractivity contribution in [1.29, 1.82) is 0 Å². The van der Waals surface area contributed by atoms with Crippen molar-refractivity contribution in [3.63, 3.8) is 0 Å². The fraction of sp³-hybridized carbons (Fsp3) is 0.500. The van der Waals surface area contributed by atoms with Crippen LogP contribution in [0, 0.1) is 5.92 Å². The molecule has 0 aliphatic rings. The van der Waals surface area contributed by atoms with Crippen LogP contribution in [0.25, 0.3) is 0 Å². The molecule has 1 heterocycles. The molecule has 1 aromatic carbocycles. The first kappa shape index (κ1) is 18.1. The first-order valence-electron chi connectivity index (χ1n) is 8.18. The summed E-state index contributed by atoms with van der Waals surface area (Å²) in [7, 11) is 0. The summed E-state index contributed by atoms with van der Waals surface area (Å²) in [4.78, 5) is 16.1. The highest BCUT2D eigenvalue weighted by atomic mass is 16.6. The minimum atomic E-state index is -0.601. The van der Waals surface area contributed by atoms with Gasteiger partial charge in [-0.3, -0.25) is 0 Å². The van der Waals surface area contributed by atoms with Crippen LogP contribution in [-0.4, -0.2) is 28.8 Å². The summed E-state index contributed by atoms with van der Waals surface area (Å²) in [6, 6.07) is 9.85. The van der Waals surface area contributed by atoms with Crippen LogP contribution in [-0.2, 0) is 27.3 Å². The van der Waals surface area contributed by atoms with E-state index in [1.54, 1.807) is 6.92 Å². The van der Waals surface area contributed by atoms with Gasteiger partial charge in [-0.2, -0.15) is 4.98 Å². The highest BCUT2D eigenvalue weighted by molar-refractivity contribution is 5.74. The van der Waals surface area contributed by atoms with Gasteiger partial charge in [0.2, 0.25) is 0 Å². The van der Waals surface area contributed by atoms with Crippen molar-refractivity contribution in [2.75, 3.05) is 6.61 Å². The van der Waals surface area contributed by atoms with Gasteiger partial charge < -0.3 is 14.0 Å². The van der Waals surface area contributed by atoms with Gasteiger partial charge in [0.25, 0.3) is 5.89 Å². The lowest BCUT2D eigenvalue weighted by atomic mass is 10.1. The molecule has 0 saturated carbocycles. The second-order valence-corrected chi connectivity index (χ2v) is 6.07. The van der Waals surface area contributed by atoms with E-state index in [2.05, 4.69) is 24.0 Å². The summed E-state index contributed by atoms with van der Waals surface area (Å²) in [5, 5.41) is 3.89. The van der Waals surface area contributed by atoms with Crippen molar-refractivity contribution in [3.8, 4) is 0 Å². The van der Waals surface area contributed by atoms with E-state index in [4.69, 9.17) is 14.0 Å². The Morgan fingerprint density at radius 3 is 2.67 bits per heavy atom. The molecular formula is C18H24N2O4. The van der Waals surface area contributed by atoms with Crippen LogP contribution in [0.15, 0.2) is 34.9 Å². The van der Waals surface area contributed by atoms with Gasteiger partial charge in [0.1, 0.15) is 0 Å². The smallest absolute Gasteiger partial charge is 0.335 e. The van der Waals surface area contributed by atoms with Gasteiger partial charge in [-0.15, -0.1) is 0 Å². The van der Waals surface area contributed by atoms with Gasteiger partial charge in [-0.25, -0.2) is 4.79 Å². The molecule has 0 aliphatic heterocycles. The largest absolute Gasteiger partial charge is 0.454 e. The molecule has 1 unspecified atom stereocenters. The zero-order valence-electron chi connectivity index (χ0n) is 14.4.